The maximum absolute atomic E-state index is 12.9. The first kappa shape index (κ1) is 21.5. The molecule has 0 bridgehead atoms. The summed E-state index contributed by atoms with van der Waals surface area (Å²) >= 11 is 0. The molecule has 30 heavy (non-hydrogen) atoms. The van der Waals surface area contributed by atoms with E-state index in [4.69, 9.17) is 4.74 Å². The topological polar surface area (TPSA) is 96.0 Å². The molecule has 0 unspecified atom stereocenters. The third kappa shape index (κ3) is 5.25. The molecule has 1 aliphatic heterocycles. The fourth-order valence-corrected chi connectivity index (χ4v) is 4.47. The summed E-state index contributed by atoms with van der Waals surface area (Å²) in [4.78, 5) is 25.3. The van der Waals surface area contributed by atoms with Gasteiger partial charge in [-0.1, -0.05) is 43.0 Å². The van der Waals surface area contributed by atoms with Gasteiger partial charge in [-0.2, -0.15) is 4.31 Å². The third-order valence-electron chi connectivity index (χ3n) is 4.63. The second-order valence-corrected chi connectivity index (χ2v) is 8.59. The molecule has 158 valence electrons. The molecule has 2 aromatic rings. The predicted molar refractivity (Wildman–Crippen MR) is 112 cm³/mol. The molecule has 2 aromatic carbocycles. The van der Waals surface area contributed by atoms with Gasteiger partial charge in [-0.05, 0) is 29.8 Å². The number of hydrogen-bond acceptors (Lipinski definition) is 5. The van der Waals surface area contributed by atoms with Crippen LogP contribution in [-0.4, -0.2) is 55.8 Å². The van der Waals surface area contributed by atoms with E-state index in [0.29, 0.717) is 5.69 Å². The number of carbonyl (C=O) groups is 2. The molecule has 3 rings (SSSR count). The van der Waals surface area contributed by atoms with Gasteiger partial charge in [-0.25, -0.2) is 13.2 Å². The maximum atomic E-state index is 12.9. The zero-order valence-corrected chi connectivity index (χ0v) is 17.2. The van der Waals surface area contributed by atoms with Crippen LogP contribution in [0.5, 0.6) is 0 Å². The fraction of sp³-hybridized carbons (Fsp3) is 0.238. The average molecular weight is 429 g/mol. The average Bonchev–Trinajstić information content (AvgIpc) is 2.78. The zero-order chi connectivity index (χ0) is 21.6. The van der Waals surface area contributed by atoms with Crippen molar-refractivity contribution >= 4 is 27.7 Å². The van der Waals surface area contributed by atoms with E-state index in [2.05, 4.69) is 11.9 Å². The minimum Gasteiger partial charge on any atom is -0.445 e. The summed E-state index contributed by atoms with van der Waals surface area (Å²) in [5.41, 5.74) is 1.25. The Bertz CT molecular complexity index is 1020. The molecule has 0 radical (unpaired) electrons. The van der Waals surface area contributed by atoms with E-state index >= 15 is 0 Å². The Kier molecular flexibility index (Phi) is 6.86. The zero-order valence-electron chi connectivity index (χ0n) is 16.4. The van der Waals surface area contributed by atoms with Crippen molar-refractivity contribution in [2.75, 3.05) is 31.5 Å². The number of benzene rings is 2. The van der Waals surface area contributed by atoms with Gasteiger partial charge in [0.1, 0.15) is 6.61 Å². The number of ether oxygens (including phenoxy) is 1. The van der Waals surface area contributed by atoms with E-state index in [-0.39, 0.29) is 37.7 Å². The van der Waals surface area contributed by atoms with E-state index in [1.54, 1.807) is 12.1 Å². The summed E-state index contributed by atoms with van der Waals surface area (Å²) in [5.74, 6) is -0.424. The first-order valence-electron chi connectivity index (χ1n) is 9.39. The monoisotopic (exact) mass is 429 g/mol. The minimum absolute atomic E-state index is 0.0736. The predicted octanol–water partition coefficient (Wildman–Crippen LogP) is 2.45. The van der Waals surface area contributed by atoms with Crippen LogP contribution in [0.1, 0.15) is 5.56 Å². The van der Waals surface area contributed by atoms with Gasteiger partial charge in [0.25, 0.3) is 0 Å². The van der Waals surface area contributed by atoms with Crippen LogP contribution < -0.4 is 5.32 Å². The Hall–Kier alpha value is -3.17. The molecule has 1 aliphatic rings. The largest absolute Gasteiger partial charge is 0.445 e. The Balaban J connectivity index is 1.58. The van der Waals surface area contributed by atoms with Crippen molar-refractivity contribution in [2.24, 2.45) is 0 Å². The molecule has 0 atom stereocenters. The van der Waals surface area contributed by atoms with Crippen LogP contribution >= 0.6 is 0 Å². The van der Waals surface area contributed by atoms with E-state index < -0.39 is 22.0 Å². The Morgan fingerprint density at radius 3 is 2.40 bits per heavy atom. The molecular weight excluding hydrogens is 406 g/mol. The van der Waals surface area contributed by atoms with Gasteiger partial charge in [0, 0.05) is 31.9 Å². The van der Waals surface area contributed by atoms with Crippen LogP contribution in [0.2, 0.25) is 0 Å². The minimum atomic E-state index is -3.75. The Morgan fingerprint density at radius 2 is 1.73 bits per heavy atom. The SMILES string of the molecule is C=CC(=O)Nc1cccc(S(=O)(=O)N2CCN(C(=O)OCc3ccccc3)CC2)c1. The summed E-state index contributed by atoms with van der Waals surface area (Å²) in [7, 11) is -3.75. The summed E-state index contributed by atoms with van der Waals surface area (Å²) in [6.45, 7) is 4.33. The summed E-state index contributed by atoms with van der Waals surface area (Å²) < 4.78 is 32.5. The van der Waals surface area contributed by atoms with Gasteiger partial charge in [0.05, 0.1) is 4.90 Å². The molecule has 1 N–H and O–H groups in total. The van der Waals surface area contributed by atoms with Gasteiger partial charge < -0.3 is 15.0 Å². The number of nitrogens with zero attached hydrogens (tertiary/aromatic N) is 2. The van der Waals surface area contributed by atoms with Gasteiger partial charge in [0.15, 0.2) is 0 Å². The molecule has 0 aromatic heterocycles. The maximum Gasteiger partial charge on any atom is 0.410 e. The smallest absolute Gasteiger partial charge is 0.410 e. The highest BCUT2D eigenvalue weighted by molar-refractivity contribution is 7.89. The van der Waals surface area contributed by atoms with E-state index in [0.717, 1.165) is 11.6 Å². The molecule has 0 saturated carbocycles. The summed E-state index contributed by atoms with van der Waals surface area (Å²) in [6.07, 6.45) is 0.641. The molecule has 1 heterocycles. The second kappa shape index (κ2) is 9.55. The van der Waals surface area contributed by atoms with Crippen molar-refractivity contribution in [3.63, 3.8) is 0 Å². The van der Waals surface area contributed by atoms with Crippen LogP contribution in [0, 0.1) is 0 Å². The lowest BCUT2D eigenvalue weighted by molar-refractivity contribution is -0.111. The van der Waals surface area contributed by atoms with Crippen molar-refractivity contribution in [2.45, 2.75) is 11.5 Å². The number of piperazine rings is 1. The number of sulfonamides is 1. The number of amides is 2. The number of carbonyl (C=O) groups excluding carboxylic acids is 2. The van der Waals surface area contributed by atoms with Crippen LogP contribution in [0.3, 0.4) is 0 Å². The first-order chi connectivity index (χ1) is 14.4. The van der Waals surface area contributed by atoms with Crippen molar-refractivity contribution in [1.29, 1.82) is 0 Å². The summed E-state index contributed by atoms with van der Waals surface area (Å²) in [6, 6.07) is 15.4. The van der Waals surface area contributed by atoms with Gasteiger partial charge >= 0.3 is 6.09 Å². The lowest BCUT2D eigenvalue weighted by atomic mass is 10.2. The molecular formula is C21H23N3O5S. The normalized spacial score (nSPS) is 14.7. The van der Waals surface area contributed by atoms with Crippen molar-refractivity contribution in [3.8, 4) is 0 Å². The molecule has 1 fully saturated rings. The van der Waals surface area contributed by atoms with Crippen molar-refractivity contribution in [1.82, 2.24) is 9.21 Å². The summed E-state index contributed by atoms with van der Waals surface area (Å²) in [5, 5.41) is 2.55. The van der Waals surface area contributed by atoms with E-state index in [1.165, 1.54) is 21.3 Å². The van der Waals surface area contributed by atoms with Crippen LogP contribution in [0.25, 0.3) is 0 Å². The third-order valence-corrected chi connectivity index (χ3v) is 6.52. The Morgan fingerprint density at radius 1 is 1.03 bits per heavy atom. The van der Waals surface area contributed by atoms with E-state index in [1.807, 2.05) is 30.3 Å². The van der Waals surface area contributed by atoms with Crippen LogP contribution in [0.4, 0.5) is 10.5 Å². The standard InChI is InChI=1S/C21H23N3O5S/c1-2-20(25)22-18-9-6-10-19(15-18)30(27,28)24-13-11-23(12-14-24)21(26)29-16-17-7-4-3-5-8-17/h2-10,15H,1,11-14,16H2,(H,22,25). The van der Waals surface area contributed by atoms with Gasteiger partial charge in [0.2, 0.25) is 15.9 Å². The van der Waals surface area contributed by atoms with Crippen molar-refractivity contribution in [3.05, 3.63) is 72.8 Å². The van der Waals surface area contributed by atoms with Crippen molar-refractivity contribution < 1.29 is 22.7 Å². The fourth-order valence-electron chi connectivity index (χ4n) is 3.00. The van der Waals surface area contributed by atoms with Gasteiger partial charge in [-0.3, -0.25) is 4.79 Å². The highest BCUT2D eigenvalue weighted by Gasteiger charge is 2.30. The second-order valence-electron chi connectivity index (χ2n) is 6.65. The highest BCUT2D eigenvalue weighted by Crippen LogP contribution is 2.21. The molecule has 0 aliphatic carbocycles. The molecule has 1 saturated heterocycles. The van der Waals surface area contributed by atoms with Crippen LogP contribution in [0.15, 0.2) is 72.1 Å². The van der Waals surface area contributed by atoms with Gasteiger partial charge in [-0.15, -0.1) is 0 Å². The first-order valence-corrected chi connectivity index (χ1v) is 10.8. The lowest BCUT2D eigenvalue weighted by Crippen LogP contribution is -2.50. The Labute approximate surface area is 175 Å². The molecule has 0 spiro atoms. The number of hydrogen-bond donors (Lipinski definition) is 1. The number of rotatable bonds is 6. The van der Waals surface area contributed by atoms with E-state index in [9.17, 15) is 18.0 Å². The highest BCUT2D eigenvalue weighted by atomic mass is 32.2. The molecule has 2 amide bonds. The lowest BCUT2D eigenvalue weighted by Gasteiger charge is -2.33. The molecule has 9 heteroatoms. The molecule has 8 nitrogen and oxygen atoms in total. The number of anilines is 1. The van der Waals surface area contributed by atoms with Crippen LogP contribution in [-0.2, 0) is 26.2 Å². The number of nitrogens with one attached hydrogen (secondary N) is 1. The quantitative estimate of drug-likeness (QED) is 0.712.